The molecule has 1 N–H and O–H groups in total. The first-order valence-corrected chi connectivity index (χ1v) is 6.52. The summed E-state index contributed by atoms with van der Waals surface area (Å²) in [7, 11) is 4.04. The number of anilines is 1. The molecule has 104 valence electrons. The molecule has 0 aliphatic carbocycles. The van der Waals surface area contributed by atoms with Crippen molar-refractivity contribution >= 4 is 11.7 Å². The smallest absolute Gasteiger partial charge is 0.256 e. The number of aromatic nitrogens is 1. The van der Waals surface area contributed by atoms with Gasteiger partial charge in [-0.2, -0.15) is 0 Å². The van der Waals surface area contributed by atoms with E-state index in [4.69, 9.17) is 0 Å². The van der Waals surface area contributed by atoms with Gasteiger partial charge in [0.05, 0.1) is 0 Å². The predicted octanol–water partition coefficient (Wildman–Crippen LogP) is 2.70. The van der Waals surface area contributed by atoms with E-state index >= 15 is 0 Å². The van der Waals surface area contributed by atoms with Crippen LogP contribution in [0.3, 0.4) is 0 Å². The average molecular weight is 269 g/mol. The quantitative estimate of drug-likeness (QED) is 0.928. The molecular formula is C16H19N3O. The fourth-order valence-corrected chi connectivity index (χ4v) is 1.92. The third kappa shape index (κ3) is 3.90. The number of carbonyl (C=O) groups is 1. The molecule has 1 heterocycles. The highest BCUT2D eigenvalue weighted by Gasteiger charge is 2.07. The summed E-state index contributed by atoms with van der Waals surface area (Å²) in [6.45, 7) is 2.83. The van der Waals surface area contributed by atoms with Crippen molar-refractivity contribution in [1.82, 2.24) is 9.88 Å². The zero-order chi connectivity index (χ0) is 14.5. The van der Waals surface area contributed by atoms with Crippen LogP contribution in [0.1, 0.15) is 21.5 Å². The van der Waals surface area contributed by atoms with Crippen molar-refractivity contribution in [2.24, 2.45) is 0 Å². The maximum atomic E-state index is 12.1. The molecule has 20 heavy (non-hydrogen) atoms. The van der Waals surface area contributed by atoms with Crippen LogP contribution in [0.2, 0.25) is 0 Å². The molecule has 0 bridgehead atoms. The number of rotatable bonds is 4. The molecule has 1 aromatic heterocycles. The maximum absolute atomic E-state index is 12.1. The van der Waals surface area contributed by atoms with Crippen LogP contribution < -0.4 is 5.32 Å². The summed E-state index contributed by atoms with van der Waals surface area (Å²) < 4.78 is 0. The number of aryl methyl sites for hydroxylation is 1. The molecule has 1 aromatic carbocycles. The number of amides is 1. The van der Waals surface area contributed by atoms with Crippen molar-refractivity contribution in [2.45, 2.75) is 13.5 Å². The molecule has 4 nitrogen and oxygen atoms in total. The number of benzene rings is 1. The minimum atomic E-state index is -0.139. The van der Waals surface area contributed by atoms with Crippen LogP contribution in [0, 0.1) is 6.92 Å². The molecule has 0 aliphatic rings. The number of carbonyl (C=O) groups excluding carboxylic acids is 1. The van der Waals surface area contributed by atoms with E-state index in [1.165, 1.54) is 5.56 Å². The van der Waals surface area contributed by atoms with E-state index < -0.39 is 0 Å². The standard InChI is InChI=1S/C16H19N3O/c1-12-8-9-17-15(10-12)18-16(20)14-6-4-13(5-7-14)11-19(2)3/h4-10H,11H2,1-3H3,(H,17,18,20). The first-order chi connectivity index (χ1) is 9.54. The number of pyridine rings is 1. The van der Waals surface area contributed by atoms with E-state index in [1.54, 1.807) is 6.20 Å². The second kappa shape index (κ2) is 6.30. The molecule has 0 radical (unpaired) electrons. The van der Waals surface area contributed by atoms with Crippen LogP contribution in [0.4, 0.5) is 5.82 Å². The zero-order valence-corrected chi connectivity index (χ0v) is 12.1. The van der Waals surface area contributed by atoms with Crippen LogP contribution in [0.25, 0.3) is 0 Å². The van der Waals surface area contributed by atoms with E-state index in [2.05, 4.69) is 15.2 Å². The van der Waals surface area contributed by atoms with E-state index in [0.717, 1.165) is 12.1 Å². The highest BCUT2D eigenvalue weighted by atomic mass is 16.1. The summed E-state index contributed by atoms with van der Waals surface area (Å²) in [4.78, 5) is 18.3. The van der Waals surface area contributed by atoms with Gasteiger partial charge >= 0.3 is 0 Å². The highest BCUT2D eigenvalue weighted by Crippen LogP contribution is 2.10. The summed E-state index contributed by atoms with van der Waals surface area (Å²) in [5.41, 5.74) is 2.88. The van der Waals surface area contributed by atoms with Gasteiger partial charge in [0.25, 0.3) is 5.91 Å². The Morgan fingerprint density at radius 3 is 2.50 bits per heavy atom. The molecule has 0 saturated heterocycles. The minimum Gasteiger partial charge on any atom is -0.307 e. The average Bonchev–Trinajstić information content (AvgIpc) is 2.38. The van der Waals surface area contributed by atoms with Gasteiger partial charge in [-0.25, -0.2) is 4.98 Å². The van der Waals surface area contributed by atoms with Crippen LogP contribution in [-0.2, 0) is 6.54 Å². The second-order valence-electron chi connectivity index (χ2n) is 5.11. The molecule has 0 atom stereocenters. The minimum absolute atomic E-state index is 0.139. The Morgan fingerprint density at radius 2 is 1.90 bits per heavy atom. The lowest BCUT2D eigenvalue weighted by atomic mass is 10.1. The summed E-state index contributed by atoms with van der Waals surface area (Å²) in [5.74, 6) is 0.437. The van der Waals surface area contributed by atoms with Crippen LogP contribution >= 0.6 is 0 Å². The van der Waals surface area contributed by atoms with Crippen LogP contribution in [0.5, 0.6) is 0 Å². The largest absolute Gasteiger partial charge is 0.307 e. The SMILES string of the molecule is Cc1ccnc(NC(=O)c2ccc(CN(C)C)cc2)c1. The van der Waals surface area contributed by atoms with E-state index in [1.807, 2.05) is 57.4 Å². The Balaban J connectivity index is 2.06. The third-order valence-corrected chi connectivity index (χ3v) is 2.87. The molecule has 2 aromatic rings. The van der Waals surface area contributed by atoms with Crippen molar-refractivity contribution in [3.63, 3.8) is 0 Å². The molecule has 1 amide bonds. The van der Waals surface area contributed by atoms with Gasteiger partial charge in [-0.3, -0.25) is 4.79 Å². The van der Waals surface area contributed by atoms with Crippen molar-refractivity contribution in [3.05, 3.63) is 59.3 Å². The first kappa shape index (κ1) is 14.2. The number of hydrogen-bond acceptors (Lipinski definition) is 3. The lowest BCUT2D eigenvalue weighted by Gasteiger charge is -2.10. The van der Waals surface area contributed by atoms with Gasteiger partial charge in [0.15, 0.2) is 0 Å². The normalized spacial score (nSPS) is 10.6. The lowest BCUT2D eigenvalue weighted by Crippen LogP contribution is -2.14. The Morgan fingerprint density at radius 1 is 1.20 bits per heavy atom. The van der Waals surface area contributed by atoms with Crippen molar-refractivity contribution < 1.29 is 4.79 Å². The van der Waals surface area contributed by atoms with Gasteiger partial charge in [0.1, 0.15) is 5.82 Å². The van der Waals surface area contributed by atoms with Crippen LogP contribution in [0.15, 0.2) is 42.6 Å². The van der Waals surface area contributed by atoms with Crippen molar-refractivity contribution in [3.8, 4) is 0 Å². The fraction of sp³-hybridized carbons (Fsp3) is 0.250. The second-order valence-corrected chi connectivity index (χ2v) is 5.11. The van der Waals surface area contributed by atoms with Gasteiger partial charge in [-0.05, 0) is 56.4 Å². The molecule has 2 rings (SSSR count). The molecule has 0 fully saturated rings. The molecule has 4 heteroatoms. The molecule has 0 aliphatic heterocycles. The zero-order valence-electron chi connectivity index (χ0n) is 12.1. The third-order valence-electron chi connectivity index (χ3n) is 2.87. The number of nitrogens with one attached hydrogen (secondary N) is 1. The number of hydrogen-bond donors (Lipinski definition) is 1. The molecular weight excluding hydrogens is 250 g/mol. The lowest BCUT2D eigenvalue weighted by molar-refractivity contribution is 0.102. The topological polar surface area (TPSA) is 45.2 Å². The molecule has 0 unspecified atom stereocenters. The van der Waals surface area contributed by atoms with E-state index in [-0.39, 0.29) is 5.91 Å². The summed E-state index contributed by atoms with van der Waals surface area (Å²) in [5, 5.41) is 2.80. The summed E-state index contributed by atoms with van der Waals surface area (Å²) >= 11 is 0. The van der Waals surface area contributed by atoms with Gasteiger partial charge in [0, 0.05) is 18.3 Å². The Labute approximate surface area is 119 Å². The van der Waals surface area contributed by atoms with Crippen molar-refractivity contribution in [1.29, 1.82) is 0 Å². The maximum Gasteiger partial charge on any atom is 0.256 e. The van der Waals surface area contributed by atoms with Gasteiger partial charge < -0.3 is 10.2 Å². The van der Waals surface area contributed by atoms with E-state index in [9.17, 15) is 4.79 Å². The summed E-state index contributed by atoms with van der Waals surface area (Å²) in [6.07, 6.45) is 1.69. The van der Waals surface area contributed by atoms with Gasteiger partial charge in [0.2, 0.25) is 0 Å². The highest BCUT2D eigenvalue weighted by molar-refractivity contribution is 6.03. The summed E-state index contributed by atoms with van der Waals surface area (Å²) in [6, 6.07) is 11.4. The Bertz CT molecular complexity index is 591. The van der Waals surface area contributed by atoms with Gasteiger partial charge in [-0.15, -0.1) is 0 Å². The molecule has 0 saturated carbocycles. The van der Waals surface area contributed by atoms with Crippen molar-refractivity contribution in [2.75, 3.05) is 19.4 Å². The molecule has 0 spiro atoms. The Hall–Kier alpha value is -2.20. The van der Waals surface area contributed by atoms with Crippen LogP contribution in [-0.4, -0.2) is 29.9 Å². The number of nitrogens with zero attached hydrogens (tertiary/aromatic N) is 2. The van der Waals surface area contributed by atoms with Gasteiger partial charge in [-0.1, -0.05) is 12.1 Å². The first-order valence-electron chi connectivity index (χ1n) is 6.52. The monoisotopic (exact) mass is 269 g/mol. The van der Waals surface area contributed by atoms with E-state index in [0.29, 0.717) is 11.4 Å². The fourth-order valence-electron chi connectivity index (χ4n) is 1.92. The Kier molecular flexibility index (Phi) is 4.48. The predicted molar refractivity (Wildman–Crippen MR) is 80.8 cm³/mol.